The molecule has 1 aliphatic heterocycles. The second-order valence-corrected chi connectivity index (χ2v) is 5.66. The number of hydrogen-bond acceptors (Lipinski definition) is 4. The van der Waals surface area contributed by atoms with Crippen LogP contribution in [0.25, 0.3) is 11.3 Å². The van der Waals surface area contributed by atoms with Crippen molar-refractivity contribution in [3.63, 3.8) is 0 Å². The van der Waals surface area contributed by atoms with Gasteiger partial charge in [-0.05, 0) is 36.4 Å². The SMILES string of the molecule is COc1ccc(-c2ccc(CCC(=O)N3CCNC(=O)C3)o2)cc1. The first-order valence-corrected chi connectivity index (χ1v) is 7.93. The fourth-order valence-corrected chi connectivity index (χ4v) is 2.66. The third-order valence-electron chi connectivity index (χ3n) is 4.01. The molecule has 0 spiro atoms. The van der Waals surface area contributed by atoms with E-state index in [2.05, 4.69) is 5.32 Å². The second-order valence-electron chi connectivity index (χ2n) is 5.66. The predicted molar refractivity (Wildman–Crippen MR) is 88.6 cm³/mol. The Kier molecular flexibility index (Phi) is 4.84. The fraction of sp³-hybridized carbons (Fsp3) is 0.333. The van der Waals surface area contributed by atoms with Gasteiger partial charge in [-0.1, -0.05) is 0 Å². The van der Waals surface area contributed by atoms with E-state index < -0.39 is 0 Å². The van der Waals surface area contributed by atoms with Gasteiger partial charge in [-0.3, -0.25) is 9.59 Å². The van der Waals surface area contributed by atoms with Crippen LogP contribution in [0, 0.1) is 0 Å². The lowest BCUT2D eigenvalue weighted by molar-refractivity contribution is -0.138. The number of aryl methyl sites for hydroxylation is 1. The molecule has 3 rings (SSSR count). The third kappa shape index (κ3) is 3.76. The molecule has 0 atom stereocenters. The molecule has 1 saturated heterocycles. The number of nitrogens with one attached hydrogen (secondary N) is 1. The molecule has 6 nitrogen and oxygen atoms in total. The molecule has 1 N–H and O–H groups in total. The number of piperazine rings is 1. The molecule has 1 aromatic carbocycles. The molecular weight excluding hydrogens is 308 g/mol. The van der Waals surface area contributed by atoms with Gasteiger partial charge in [0.2, 0.25) is 11.8 Å². The highest BCUT2D eigenvalue weighted by Gasteiger charge is 2.21. The van der Waals surface area contributed by atoms with Gasteiger partial charge in [-0.15, -0.1) is 0 Å². The molecule has 126 valence electrons. The van der Waals surface area contributed by atoms with Gasteiger partial charge in [0.05, 0.1) is 13.7 Å². The molecule has 1 aliphatic rings. The zero-order chi connectivity index (χ0) is 16.9. The van der Waals surface area contributed by atoms with Crippen LogP contribution in [-0.4, -0.2) is 43.5 Å². The van der Waals surface area contributed by atoms with Crippen molar-refractivity contribution in [2.45, 2.75) is 12.8 Å². The van der Waals surface area contributed by atoms with Crippen LogP contribution < -0.4 is 10.1 Å². The van der Waals surface area contributed by atoms with E-state index in [0.717, 1.165) is 22.8 Å². The molecule has 0 bridgehead atoms. The molecule has 2 aromatic rings. The van der Waals surface area contributed by atoms with Crippen molar-refractivity contribution >= 4 is 11.8 Å². The molecule has 0 aliphatic carbocycles. The first-order chi connectivity index (χ1) is 11.7. The van der Waals surface area contributed by atoms with Gasteiger partial charge in [0.25, 0.3) is 0 Å². The van der Waals surface area contributed by atoms with Crippen molar-refractivity contribution in [1.29, 1.82) is 0 Å². The molecule has 2 heterocycles. The fourth-order valence-electron chi connectivity index (χ4n) is 2.66. The first kappa shape index (κ1) is 16.1. The number of ether oxygens (including phenoxy) is 1. The predicted octanol–water partition coefficient (Wildman–Crippen LogP) is 1.85. The van der Waals surface area contributed by atoms with E-state index in [9.17, 15) is 9.59 Å². The molecule has 1 aromatic heterocycles. The minimum atomic E-state index is -0.102. The van der Waals surface area contributed by atoms with Crippen LogP contribution in [0.2, 0.25) is 0 Å². The standard InChI is InChI=1S/C18H20N2O4/c1-23-14-4-2-13(3-5-14)16-8-6-15(24-16)7-9-18(22)20-11-10-19-17(21)12-20/h2-6,8H,7,9-12H2,1H3,(H,19,21). The van der Waals surface area contributed by atoms with Crippen LogP contribution in [0.1, 0.15) is 12.2 Å². The highest BCUT2D eigenvalue weighted by atomic mass is 16.5. The summed E-state index contributed by atoms with van der Waals surface area (Å²) in [6.07, 6.45) is 0.857. The Morgan fingerprint density at radius 3 is 2.75 bits per heavy atom. The van der Waals surface area contributed by atoms with Crippen LogP contribution in [0.4, 0.5) is 0 Å². The van der Waals surface area contributed by atoms with Gasteiger partial charge in [0, 0.05) is 31.5 Å². The maximum atomic E-state index is 12.2. The molecule has 0 unspecified atom stereocenters. The number of methoxy groups -OCH3 is 1. The van der Waals surface area contributed by atoms with Gasteiger partial charge in [-0.25, -0.2) is 0 Å². The van der Waals surface area contributed by atoms with Crippen molar-refractivity contribution in [2.24, 2.45) is 0 Å². The summed E-state index contributed by atoms with van der Waals surface area (Å²) in [5, 5.41) is 2.71. The Bertz CT molecular complexity index is 721. The second kappa shape index (κ2) is 7.21. The van der Waals surface area contributed by atoms with Crippen LogP contribution >= 0.6 is 0 Å². The zero-order valence-corrected chi connectivity index (χ0v) is 13.6. The highest BCUT2D eigenvalue weighted by molar-refractivity contribution is 5.85. The summed E-state index contributed by atoms with van der Waals surface area (Å²) in [6, 6.07) is 11.4. The number of furan rings is 1. The van der Waals surface area contributed by atoms with E-state index in [-0.39, 0.29) is 18.4 Å². The normalized spacial score (nSPS) is 14.4. The number of carbonyl (C=O) groups is 2. The Hall–Kier alpha value is -2.76. The van der Waals surface area contributed by atoms with Crippen LogP contribution in [0.15, 0.2) is 40.8 Å². The number of nitrogens with zero attached hydrogens (tertiary/aromatic N) is 1. The Balaban J connectivity index is 1.57. The lowest BCUT2D eigenvalue weighted by Crippen LogP contribution is -2.50. The smallest absolute Gasteiger partial charge is 0.239 e. The van der Waals surface area contributed by atoms with Crippen molar-refractivity contribution in [1.82, 2.24) is 10.2 Å². The number of rotatable bonds is 5. The first-order valence-electron chi connectivity index (χ1n) is 7.93. The number of hydrogen-bond donors (Lipinski definition) is 1. The van der Waals surface area contributed by atoms with Gasteiger partial charge in [0.1, 0.15) is 17.3 Å². The topological polar surface area (TPSA) is 71.8 Å². The van der Waals surface area contributed by atoms with E-state index in [1.807, 2.05) is 36.4 Å². The quantitative estimate of drug-likeness (QED) is 0.909. The van der Waals surface area contributed by atoms with Gasteiger partial charge in [0.15, 0.2) is 0 Å². The molecule has 6 heteroatoms. The van der Waals surface area contributed by atoms with E-state index in [1.54, 1.807) is 12.0 Å². The maximum absolute atomic E-state index is 12.2. The molecule has 0 radical (unpaired) electrons. The van der Waals surface area contributed by atoms with E-state index in [4.69, 9.17) is 9.15 Å². The average Bonchev–Trinajstić information content (AvgIpc) is 3.09. The Morgan fingerprint density at radius 1 is 1.25 bits per heavy atom. The molecule has 1 fully saturated rings. The minimum Gasteiger partial charge on any atom is -0.497 e. The van der Waals surface area contributed by atoms with Gasteiger partial charge >= 0.3 is 0 Å². The number of benzene rings is 1. The van der Waals surface area contributed by atoms with Crippen LogP contribution in [0.3, 0.4) is 0 Å². The van der Waals surface area contributed by atoms with Gasteiger partial charge < -0.3 is 19.4 Å². The van der Waals surface area contributed by atoms with Crippen molar-refractivity contribution < 1.29 is 18.7 Å². The van der Waals surface area contributed by atoms with E-state index in [1.165, 1.54) is 0 Å². The summed E-state index contributed by atoms with van der Waals surface area (Å²) in [4.78, 5) is 25.1. The largest absolute Gasteiger partial charge is 0.497 e. The van der Waals surface area contributed by atoms with Gasteiger partial charge in [-0.2, -0.15) is 0 Å². The maximum Gasteiger partial charge on any atom is 0.239 e. The zero-order valence-electron chi connectivity index (χ0n) is 13.6. The lowest BCUT2D eigenvalue weighted by Gasteiger charge is -2.26. The summed E-state index contributed by atoms with van der Waals surface area (Å²) >= 11 is 0. The Labute approximate surface area is 140 Å². The average molecular weight is 328 g/mol. The molecule has 2 amide bonds. The molecular formula is C18H20N2O4. The van der Waals surface area contributed by atoms with E-state index >= 15 is 0 Å². The van der Waals surface area contributed by atoms with Crippen LogP contribution in [0.5, 0.6) is 5.75 Å². The summed E-state index contributed by atoms with van der Waals surface area (Å²) in [5.41, 5.74) is 0.959. The Morgan fingerprint density at radius 2 is 2.04 bits per heavy atom. The lowest BCUT2D eigenvalue weighted by atomic mass is 10.2. The molecule has 0 saturated carbocycles. The van der Waals surface area contributed by atoms with Crippen LogP contribution in [-0.2, 0) is 16.0 Å². The summed E-state index contributed by atoms with van der Waals surface area (Å²) in [5.74, 6) is 2.19. The summed E-state index contributed by atoms with van der Waals surface area (Å²) in [6.45, 7) is 1.24. The summed E-state index contributed by atoms with van der Waals surface area (Å²) < 4.78 is 11.0. The number of amides is 2. The van der Waals surface area contributed by atoms with Crippen molar-refractivity contribution in [2.75, 3.05) is 26.7 Å². The van der Waals surface area contributed by atoms with Crippen molar-refractivity contribution in [3.8, 4) is 17.1 Å². The number of carbonyl (C=O) groups excluding carboxylic acids is 2. The highest BCUT2D eigenvalue weighted by Crippen LogP contribution is 2.25. The third-order valence-corrected chi connectivity index (χ3v) is 4.01. The van der Waals surface area contributed by atoms with E-state index in [0.29, 0.717) is 25.9 Å². The van der Waals surface area contributed by atoms with Crippen molar-refractivity contribution in [3.05, 3.63) is 42.2 Å². The minimum absolute atomic E-state index is 0.0211. The monoisotopic (exact) mass is 328 g/mol. The summed E-state index contributed by atoms with van der Waals surface area (Å²) in [7, 11) is 1.63. The molecule has 24 heavy (non-hydrogen) atoms.